The zero-order valence-corrected chi connectivity index (χ0v) is 23.6. The Balaban J connectivity index is 1.14. The molecule has 4 rings (SSSR count). The fraction of sp³-hybridized carbons (Fsp3) is 0.324. The first-order valence-electron chi connectivity index (χ1n) is 14.1. The first-order valence-corrected chi connectivity index (χ1v) is 14.1. The smallest absolute Gasteiger partial charge is 0.328 e. The number of benzene rings is 3. The number of allylic oxidation sites excluding steroid dienone is 2. The van der Waals surface area contributed by atoms with E-state index in [2.05, 4.69) is 53.4 Å². The summed E-state index contributed by atoms with van der Waals surface area (Å²) in [6.07, 6.45) is 8.19. The highest BCUT2D eigenvalue weighted by Crippen LogP contribution is 2.30. The quantitative estimate of drug-likeness (QED) is 0.139. The minimum Gasteiger partial charge on any atom is -0.493 e. The van der Waals surface area contributed by atoms with Crippen LogP contribution >= 0.6 is 0 Å². The van der Waals surface area contributed by atoms with Gasteiger partial charge >= 0.3 is 5.97 Å². The zero-order valence-electron chi connectivity index (χ0n) is 23.6. The molecule has 0 bridgehead atoms. The highest BCUT2D eigenvalue weighted by atomic mass is 16.5. The Kier molecular flexibility index (Phi) is 12.0. The third kappa shape index (κ3) is 9.90. The number of ether oxygens (including phenoxy) is 4. The van der Waals surface area contributed by atoms with E-state index in [4.69, 9.17) is 24.1 Å². The fourth-order valence-corrected chi connectivity index (χ4v) is 4.78. The Morgan fingerprint density at radius 3 is 2.22 bits per heavy atom. The molecule has 216 valence electrons. The molecule has 3 aromatic rings. The molecule has 7 nitrogen and oxygen atoms in total. The molecule has 1 aliphatic heterocycles. The molecule has 0 aliphatic carbocycles. The van der Waals surface area contributed by atoms with Gasteiger partial charge in [0, 0.05) is 25.7 Å². The van der Waals surface area contributed by atoms with Crippen molar-refractivity contribution in [2.45, 2.75) is 25.0 Å². The van der Waals surface area contributed by atoms with Crippen molar-refractivity contribution in [3.8, 4) is 11.5 Å². The zero-order chi connectivity index (χ0) is 28.7. The van der Waals surface area contributed by atoms with Crippen LogP contribution in [-0.4, -0.2) is 68.6 Å². The summed E-state index contributed by atoms with van der Waals surface area (Å²) in [7, 11) is 1.59. The molecule has 1 heterocycles. The van der Waals surface area contributed by atoms with Gasteiger partial charge in [-0.3, -0.25) is 0 Å². The van der Waals surface area contributed by atoms with Crippen LogP contribution < -0.4 is 9.47 Å². The third-order valence-corrected chi connectivity index (χ3v) is 6.93. The lowest BCUT2D eigenvalue weighted by atomic mass is 10.00. The number of aliphatic carboxylic acids is 1. The van der Waals surface area contributed by atoms with Gasteiger partial charge in [-0.25, -0.2) is 4.79 Å². The predicted octanol–water partition coefficient (Wildman–Crippen LogP) is 6.02. The van der Waals surface area contributed by atoms with E-state index in [9.17, 15) is 4.79 Å². The average molecular weight is 558 g/mol. The van der Waals surface area contributed by atoms with Crippen molar-refractivity contribution in [2.75, 3.05) is 46.6 Å². The standard InChI is InChI=1S/C34H39NO6/c1-38-32-26-27(10-8-9-15-33(36)37)16-17-31(32)40-25-24-39-23-22-35-20-18-30(19-21-35)41-34(28-11-4-2-5-12-28)29-13-6-3-7-14-29/h2-17,26,30,34H,18-25H2,1H3,(H,36,37). The molecule has 0 aromatic heterocycles. The molecule has 7 heteroatoms. The monoisotopic (exact) mass is 557 g/mol. The topological polar surface area (TPSA) is 77.5 Å². The van der Waals surface area contributed by atoms with Crippen LogP contribution in [0.25, 0.3) is 6.08 Å². The summed E-state index contributed by atoms with van der Waals surface area (Å²) in [5, 5.41) is 8.66. The van der Waals surface area contributed by atoms with Crippen LogP contribution in [0.1, 0.15) is 35.6 Å². The first-order chi connectivity index (χ1) is 20.1. The molecule has 3 aromatic carbocycles. The predicted molar refractivity (Wildman–Crippen MR) is 160 cm³/mol. The summed E-state index contributed by atoms with van der Waals surface area (Å²) in [6.45, 7) is 4.42. The summed E-state index contributed by atoms with van der Waals surface area (Å²) in [6, 6.07) is 26.5. The maximum Gasteiger partial charge on any atom is 0.328 e. The van der Waals surface area contributed by atoms with Crippen LogP contribution in [-0.2, 0) is 14.3 Å². The number of methoxy groups -OCH3 is 1. The van der Waals surface area contributed by atoms with Gasteiger partial charge in [-0.2, -0.15) is 0 Å². The summed E-state index contributed by atoms with van der Waals surface area (Å²) in [4.78, 5) is 13.0. The highest BCUT2D eigenvalue weighted by Gasteiger charge is 2.24. The van der Waals surface area contributed by atoms with E-state index in [1.807, 2.05) is 30.3 Å². The number of nitrogens with zero attached hydrogens (tertiary/aromatic N) is 1. The molecule has 1 N–H and O–H groups in total. The number of hydrogen-bond acceptors (Lipinski definition) is 6. The number of rotatable bonds is 15. The van der Waals surface area contributed by atoms with Gasteiger partial charge in [0.2, 0.25) is 0 Å². The SMILES string of the molecule is COc1cc(C=CC=CC(=O)O)ccc1OCCOCCN1CCC(OC(c2ccccc2)c2ccccc2)CC1. The summed E-state index contributed by atoms with van der Waals surface area (Å²) < 4.78 is 23.8. The third-order valence-electron chi connectivity index (χ3n) is 6.93. The molecule has 0 saturated carbocycles. The molecule has 41 heavy (non-hydrogen) atoms. The van der Waals surface area contributed by atoms with Gasteiger partial charge in [0.05, 0.1) is 26.4 Å². The van der Waals surface area contributed by atoms with Crippen LogP contribution in [0.3, 0.4) is 0 Å². The number of piperidine rings is 1. The van der Waals surface area contributed by atoms with E-state index in [-0.39, 0.29) is 12.2 Å². The van der Waals surface area contributed by atoms with E-state index in [0.717, 1.165) is 44.1 Å². The molecule has 0 amide bonds. The highest BCUT2D eigenvalue weighted by molar-refractivity contribution is 5.80. The molecular formula is C34H39NO6. The largest absolute Gasteiger partial charge is 0.493 e. The maximum absolute atomic E-state index is 10.6. The number of hydrogen-bond donors (Lipinski definition) is 1. The van der Waals surface area contributed by atoms with Gasteiger partial charge in [0.1, 0.15) is 12.7 Å². The lowest BCUT2D eigenvalue weighted by Gasteiger charge is -2.34. The van der Waals surface area contributed by atoms with Gasteiger partial charge in [0.25, 0.3) is 0 Å². The van der Waals surface area contributed by atoms with Gasteiger partial charge in [-0.15, -0.1) is 0 Å². The lowest BCUT2D eigenvalue weighted by molar-refractivity contribution is -0.131. The summed E-state index contributed by atoms with van der Waals surface area (Å²) in [5.74, 6) is 0.269. The van der Waals surface area contributed by atoms with Crippen LogP contribution in [0.4, 0.5) is 0 Å². The van der Waals surface area contributed by atoms with E-state index < -0.39 is 5.97 Å². The van der Waals surface area contributed by atoms with E-state index in [1.54, 1.807) is 19.3 Å². The van der Waals surface area contributed by atoms with E-state index in [1.165, 1.54) is 17.2 Å². The van der Waals surface area contributed by atoms with Crippen molar-refractivity contribution < 1.29 is 28.8 Å². The maximum atomic E-state index is 10.6. The van der Waals surface area contributed by atoms with Gasteiger partial charge < -0.3 is 29.0 Å². The van der Waals surface area contributed by atoms with Crippen molar-refractivity contribution in [1.82, 2.24) is 4.90 Å². The van der Waals surface area contributed by atoms with Gasteiger partial charge in [-0.1, -0.05) is 85.0 Å². The second-order valence-corrected chi connectivity index (χ2v) is 9.81. The van der Waals surface area contributed by atoms with Gasteiger partial charge in [-0.05, 0) is 41.7 Å². The van der Waals surface area contributed by atoms with Crippen LogP contribution in [0.2, 0.25) is 0 Å². The molecule has 0 atom stereocenters. The Morgan fingerprint density at radius 1 is 0.902 bits per heavy atom. The fourth-order valence-electron chi connectivity index (χ4n) is 4.78. The Bertz CT molecular complexity index is 1210. The Morgan fingerprint density at radius 2 is 1.59 bits per heavy atom. The average Bonchev–Trinajstić information content (AvgIpc) is 3.01. The van der Waals surface area contributed by atoms with Gasteiger partial charge in [0.15, 0.2) is 11.5 Å². The molecule has 0 radical (unpaired) electrons. The lowest BCUT2D eigenvalue weighted by Crippen LogP contribution is -2.39. The van der Waals surface area contributed by atoms with Crippen molar-refractivity contribution in [3.05, 3.63) is 114 Å². The Hall–Kier alpha value is -3.91. The first kappa shape index (κ1) is 30.1. The van der Waals surface area contributed by atoms with Crippen LogP contribution in [0.15, 0.2) is 97.1 Å². The molecule has 1 saturated heterocycles. The van der Waals surface area contributed by atoms with Crippen molar-refractivity contribution in [3.63, 3.8) is 0 Å². The molecule has 0 unspecified atom stereocenters. The number of carboxylic acids is 1. The number of carboxylic acid groups (broad SMARTS) is 1. The van der Waals surface area contributed by atoms with Crippen molar-refractivity contribution in [1.29, 1.82) is 0 Å². The molecule has 0 spiro atoms. The van der Waals surface area contributed by atoms with Crippen LogP contribution in [0, 0.1) is 0 Å². The number of carbonyl (C=O) groups is 1. The van der Waals surface area contributed by atoms with Crippen molar-refractivity contribution >= 4 is 12.0 Å². The second kappa shape index (κ2) is 16.4. The van der Waals surface area contributed by atoms with E-state index in [0.29, 0.717) is 31.3 Å². The summed E-state index contributed by atoms with van der Waals surface area (Å²) in [5.41, 5.74) is 3.26. The van der Waals surface area contributed by atoms with E-state index >= 15 is 0 Å². The number of likely N-dealkylation sites (tertiary alicyclic amines) is 1. The molecule has 1 aliphatic rings. The minimum atomic E-state index is -0.982. The summed E-state index contributed by atoms with van der Waals surface area (Å²) >= 11 is 0. The molecule has 1 fully saturated rings. The normalized spacial score (nSPS) is 14.7. The van der Waals surface area contributed by atoms with Crippen molar-refractivity contribution in [2.24, 2.45) is 0 Å². The molecular weight excluding hydrogens is 518 g/mol. The minimum absolute atomic E-state index is 0.0513. The second-order valence-electron chi connectivity index (χ2n) is 9.81. The van der Waals surface area contributed by atoms with Crippen LogP contribution in [0.5, 0.6) is 11.5 Å². The Labute approximate surface area is 242 Å².